The first-order valence-corrected chi connectivity index (χ1v) is 10.1. The third-order valence-electron chi connectivity index (χ3n) is 3.90. The molecule has 0 unspecified atom stereocenters. The lowest BCUT2D eigenvalue weighted by atomic mass is 10.1. The number of nitrogens with zero attached hydrogens (tertiary/aromatic N) is 1. The summed E-state index contributed by atoms with van der Waals surface area (Å²) in [6.07, 6.45) is 1.05. The van der Waals surface area contributed by atoms with Crippen molar-refractivity contribution in [2.75, 3.05) is 13.1 Å². The number of primary amides is 1. The highest BCUT2D eigenvalue weighted by molar-refractivity contribution is 14.0. The summed E-state index contributed by atoms with van der Waals surface area (Å²) in [4.78, 5) is 29.9. The van der Waals surface area contributed by atoms with Crippen LogP contribution in [0.2, 0.25) is 0 Å². The van der Waals surface area contributed by atoms with Crippen LogP contribution in [0.4, 0.5) is 0 Å². The minimum absolute atomic E-state index is 0. The van der Waals surface area contributed by atoms with E-state index in [0.717, 1.165) is 31.0 Å². The maximum absolute atomic E-state index is 11.9. The van der Waals surface area contributed by atoms with Crippen molar-refractivity contribution in [3.8, 4) is 0 Å². The van der Waals surface area contributed by atoms with Crippen molar-refractivity contribution in [2.24, 2.45) is 10.7 Å². The van der Waals surface area contributed by atoms with Gasteiger partial charge in [0, 0.05) is 21.9 Å². The van der Waals surface area contributed by atoms with Crippen molar-refractivity contribution in [1.29, 1.82) is 0 Å². The predicted octanol–water partition coefficient (Wildman–Crippen LogP) is 2.40. The van der Waals surface area contributed by atoms with E-state index in [1.165, 1.54) is 9.75 Å². The molecule has 2 amide bonds. The summed E-state index contributed by atoms with van der Waals surface area (Å²) in [5.41, 5.74) is 6.48. The van der Waals surface area contributed by atoms with Gasteiger partial charge in [0.15, 0.2) is 5.96 Å². The predicted molar refractivity (Wildman–Crippen MR) is 129 cm³/mol. The number of benzene rings is 1. The third-order valence-corrected chi connectivity index (χ3v) is 5.13. The van der Waals surface area contributed by atoms with Crippen LogP contribution in [0.1, 0.15) is 39.5 Å². The highest BCUT2D eigenvalue weighted by Gasteiger charge is 2.06. The molecule has 1 heterocycles. The van der Waals surface area contributed by atoms with Crippen molar-refractivity contribution >= 4 is 53.1 Å². The fourth-order valence-corrected chi connectivity index (χ4v) is 3.32. The summed E-state index contributed by atoms with van der Waals surface area (Å²) in [7, 11) is 0. The van der Waals surface area contributed by atoms with Crippen molar-refractivity contribution in [2.45, 2.75) is 33.4 Å². The average molecular weight is 529 g/mol. The Labute approximate surface area is 192 Å². The van der Waals surface area contributed by atoms with Crippen molar-refractivity contribution in [3.63, 3.8) is 0 Å². The molecule has 0 fully saturated rings. The monoisotopic (exact) mass is 529 g/mol. The lowest BCUT2D eigenvalue weighted by molar-refractivity contribution is -0.117. The molecule has 7 nitrogen and oxygen atoms in total. The maximum Gasteiger partial charge on any atom is 0.251 e. The van der Waals surface area contributed by atoms with Crippen LogP contribution in [0.15, 0.2) is 41.4 Å². The van der Waals surface area contributed by atoms with Gasteiger partial charge in [0.1, 0.15) is 0 Å². The van der Waals surface area contributed by atoms with Gasteiger partial charge in [-0.3, -0.25) is 9.59 Å². The summed E-state index contributed by atoms with van der Waals surface area (Å²) in [6.45, 7) is 6.00. The fourth-order valence-electron chi connectivity index (χ4n) is 2.42. The molecule has 158 valence electrons. The highest BCUT2D eigenvalue weighted by Crippen LogP contribution is 2.16. The number of amides is 2. The number of nitrogens with one attached hydrogen (secondary N) is 3. The van der Waals surface area contributed by atoms with Gasteiger partial charge in [-0.1, -0.05) is 19.1 Å². The lowest BCUT2D eigenvalue weighted by Crippen LogP contribution is -2.36. The van der Waals surface area contributed by atoms with Gasteiger partial charge in [-0.25, -0.2) is 4.99 Å². The molecule has 0 aliphatic heterocycles. The Kier molecular flexibility index (Phi) is 11.3. The van der Waals surface area contributed by atoms with Gasteiger partial charge in [0.2, 0.25) is 5.91 Å². The number of carbonyl (C=O) groups excluding carboxylic acids is 2. The van der Waals surface area contributed by atoms with Crippen LogP contribution in [-0.2, 0) is 24.3 Å². The Morgan fingerprint density at radius 3 is 2.28 bits per heavy atom. The van der Waals surface area contributed by atoms with Gasteiger partial charge in [0.25, 0.3) is 5.91 Å². The van der Waals surface area contributed by atoms with Crippen molar-refractivity contribution in [3.05, 3.63) is 57.3 Å². The molecule has 1 aromatic heterocycles. The molecule has 0 radical (unpaired) electrons. The first kappa shape index (κ1) is 24.9. The van der Waals surface area contributed by atoms with E-state index in [0.29, 0.717) is 12.1 Å². The maximum atomic E-state index is 11.9. The van der Waals surface area contributed by atoms with E-state index in [1.54, 1.807) is 23.5 Å². The molecular weight excluding hydrogens is 501 g/mol. The topological polar surface area (TPSA) is 109 Å². The van der Waals surface area contributed by atoms with E-state index in [4.69, 9.17) is 5.73 Å². The molecule has 9 heteroatoms. The SMILES string of the molecule is CCNC(=NCc1ccc(C(=O)NCC(N)=O)cc1)NCc1ccc(CC)s1.I. The van der Waals surface area contributed by atoms with Gasteiger partial charge in [0.05, 0.1) is 19.6 Å². The van der Waals surface area contributed by atoms with Gasteiger partial charge in [-0.2, -0.15) is 0 Å². The van der Waals surface area contributed by atoms with E-state index in [1.807, 2.05) is 19.1 Å². The number of rotatable bonds is 9. The second-order valence-electron chi connectivity index (χ2n) is 6.12. The van der Waals surface area contributed by atoms with Crippen LogP contribution in [-0.4, -0.2) is 30.9 Å². The number of halogens is 1. The molecule has 29 heavy (non-hydrogen) atoms. The molecule has 0 aliphatic rings. The van der Waals surface area contributed by atoms with Gasteiger partial charge in [-0.15, -0.1) is 35.3 Å². The third kappa shape index (κ3) is 8.82. The second-order valence-corrected chi connectivity index (χ2v) is 7.37. The number of hydrogen-bond donors (Lipinski definition) is 4. The second kappa shape index (κ2) is 13.2. The average Bonchev–Trinajstić information content (AvgIpc) is 3.16. The molecule has 0 saturated carbocycles. The Bertz CT molecular complexity index is 821. The molecule has 1 aromatic carbocycles. The summed E-state index contributed by atoms with van der Waals surface area (Å²) < 4.78 is 0. The summed E-state index contributed by atoms with van der Waals surface area (Å²) >= 11 is 1.81. The Morgan fingerprint density at radius 2 is 1.69 bits per heavy atom. The minimum Gasteiger partial charge on any atom is -0.368 e. The quantitative estimate of drug-likeness (QED) is 0.227. The number of aryl methyl sites for hydroxylation is 1. The van der Waals surface area contributed by atoms with Gasteiger partial charge < -0.3 is 21.7 Å². The first-order chi connectivity index (χ1) is 13.5. The number of aliphatic imine (C=N–C) groups is 1. The van der Waals surface area contributed by atoms with E-state index >= 15 is 0 Å². The Morgan fingerprint density at radius 1 is 1.00 bits per heavy atom. The molecule has 0 atom stereocenters. The number of hydrogen-bond acceptors (Lipinski definition) is 4. The summed E-state index contributed by atoms with van der Waals surface area (Å²) in [5.74, 6) is -0.153. The van der Waals surface area contributed by atoms with Crippen LogP contribution in [0, 0.1) is 0 Å². The van der Waals surface area contributed by atoms with E-state index in [9.17, 15) is 9.59 Å². The number of guanidine groups is 1. The zero-order valence-electron chi connectivity index (χ0n) is 16.7. The van der Waals surface area contributed by atoms with Crippen LogP contribution < -0.4 is 21.7 Å². The van der Waals surface area contributed by atoms with E-state index in [-0.39, 0.29) is 36.4 Å². The van der Waals surface area contributed by atoms with Crippen LogP contribution in [0.5, 0.6) is 0 Å². The molecule has 2 rings (SSSR count). The Hall–Kier alpha value is -2.14. The van der Waals surface area contributed by atoms with E-state index in [2.05, 4.69) is 40.0 Å². The molecule has 0 aliphatic carbocycles. The molecule has 2 aromatic rings. The molecule has 0 bridgehead atoms. The summed E-state index contributed by atoms with van der Waals surface area (Å²) in [5, 5.41) is 9.04. The van der Waals surface area contributed by atoms with Crippen molar-refractivity contribution in [1.82, 2.24) is 16.0 Å². The number of thiophene rings is 1. The molecule has 0 spiro atoms. The van der Waals surface area contributed by atoms with Gasteiger partial charge in [-0.05, 0) is 43.2 Å². The van der Waals surface area contributed by atoms with E-state index < -0.39 is 5.91 Å². The smallest absolute Gasteiger partial charge is 0.251 e. The fraction of sp³-hybridized carbons (Fsp3) is 0.350. The number of nitrogens with two attached hydrogens (primary N) is 1. The standard InChI is InChI=1S/C20H27N5O2S.HI/c1-3-16-9-10-17(28-16)12-25-20(22-4-2)24-11-14-5-7-15(8-6-14)19(27)23-13-18(21)26;/h5-10H,3-4,11-13H2,1-2H3,(H2,21,26)(H,23,27)(H2,22,24,25);1H. The Balaban J connectivity index is 0.00000420. The van der Waals surface area contributed by atoms with Gasteiger partial charge >= 0.3 is 0 Å². The molecular formula is C20H28IN5O2S. The largest absolute Gasteiger partial charge is 0.368 e. The molecule has 5 N–H and O–H groups in total. The molecule has 0 saturated heterocycles. The van der Waals surface area contributed by atoms with Crippen LogP contribution in [0.3, 0.4) is 0 Å². The first-order valence-electron chi connectivity index (χ1n) is 9.27. The van der Waals surface area contributed by atoms with Crippen LogP contribution >= 0.6 is 35.3 Å². The normalized spacial score (nSPS) is 10.8. The lowest BCUT2D eigenvalue weighted by Gasteiger charge is -2.10. The zero-order valence-corrected chi connectivity index (χ0v) is 19.8. The van der Waals surface area contributed by atoms with Crippen molar-refractivity contribution < 1.29 is 9.59 Å². The minimum atomic E-state index is -0.573. The number of carbonyl (C=O) groups is 2. The summed E-state index contributed by atoms with van der Waals surface area (Å²) in [6, 6.07) is 11.4. The highest BCUT2D eigenvalue weighted by atomic mass is 127. The van der Waals surface area contributed by atoms with Crippen LogP contribution in [0.25, 0.3) is 0 Å². The zero-order chi connectivity index (χ0) is 20.4.